The summed E-state index contributed by atoms with van der Waals surface area (Å²) in [6.07, 6.45) is 0.343. The second-order valence-corrected chi connectivity index (χ2v) is 8.37. The number of hydrogen-bond donors (Lipinski definition) is 3. The van der Waals surface area contributed by atoms with Gasteiger partial charge < -0.3 is 10.4 Å². The molecule has 2 aromatic carbocycles. The van der Waals surface area contributed by atoms with Crippen LogP contribution in [0, 0.1) is 12.8 Å². The fourth-order valence-corrected chi connectivity index (χ4v) is 3.67. The Balaban J connectivity index is 2.20. The molecule has 7 heteroatoms. The average molecular weight is 376 g/mol. The highest BCUT2D eigenvalue weighted by molar-refractivity contribution is 7.89. The van der Waals surface area contributed by atoms with Crippen molar-refractivity contribution in [1.29, 1.82) is 0 Å². The van der Waals surface area contributed by atoms with Crippen LogP contribution in [0.15, 0.2) is 53.4 Å². The first kappa shape index (κ1) is 19.9. The number of sulfonamides is 1. The Bertz CT molecular complexity index is 861. The second kappa shape index (κ2) is 8.33. The van der Waals surface area contributed by atoms with E-state index in [-0.39, 0.29) is 16.6 Å². The van der Waals surface area contributed by atoms with Gasteiger partial charge in [0.05, 0.1) is 4.90 Å². The van der Waals surface area contributed by atoms with E-state index in [4.69, 9.17) is 0 Å². The van der Waals surface area contributed by atoms with Crippen molar-refractivity contribution >= 4 is 21.6 Å². The van der Waals surface area contributed by atoms with E-state index < -0.39 is 22.0 Å². The molecule has 0 aromatic heterocycles. The smallest absolute Gasteiger partial charge is 0.242 e. The Hall–Kier alpha value is -2.38. The molecule has 0 saturated heterocycles. The van der Waals surface area contributed by atoms with Gasteiger partial charge in [0.1, 0.15) is 11.8 Å². The summed E-state index contributed by atoms with van der Waals surface area (Å²) >= 11 is 0. The quantitative estimate of drug-likeness (QED) is 0.692. The first-order valence-corrected chi connectivity index (χ1v) is 9.84. The van der Waals surface area contributed by atoms with Gasteiger partial charge in [-0.15, -0.1) is 0 Å². The number of anilines is 1. The molecule has 2 aromatic rings. The molecule has 0 spiro atoms. The molecule has 0 heterocycles. The molecule has 0 aliphatic heterocycles. The lowest BCUT2D eigenvalue weighted by Crippen LogP contribution is -2.44. The van der Waals surface area contributed by atoms with Crippen molar-refractivity contribution in [3.8, 4) is 5.75 Å². The minimum atomic E-state index is -3.83. The van der Waals surface area contributed by atoms with Crippen molar-refractivity contribution in [1.82, 2.24) is 4.72 Å². The summed E-state index contributed by atoms with van der Waals surface area (Å²) in [7, 11) is -3.83. The number of phenols is 1. The third-order valence-electron chi connectivity index (χ3n) is 3.77. The summed E-state index contributed by atoms with van der Waals surface area (Å²) in [5, 5.41) is 12.2. The number of aromatic hydroxyl groups is 1. The summed E-state index contributed by atoms with van der Waals surface area (Å²) in [6, 6.07) is 11.6. The molecule has 0 radical (unpaired) electrons. The third kappa shape index (κ3) is 5.57. The van der Waals surface area contributed by atoms with Gasteiger partial charge in [0.2, 0.25) is 15.9 Å². The van der Waals surface area contributed by atoms with Crippen LogP contribution in [0.1, 0.15) is 25.8 Å². The molecule has 3 N–H and O–H groups in total. The van der Waals surface area contributed by atoms with Gasteiger partial charge in [0, 0.05) is 11.8 Å². The summed E-state index contributed by atoms with van der Waals surface area (Å²) < 4.78 is 27.7. The van der Waals surface area contributed by atoms with Crippen LogP contribution in [0.3, 0.4) is 0 Å². The molecule has 1 amide bonds. The number of nitrogens with one attached hydrogen (secondary N) is 2. The zero-order chi connectivity index (χ0) is 19.3. The Morgan fingerprint density at radius 3 is 2.35 bits per heavy atom. The van der Waals surface area contributed by atoms with Gasteiger partial charge in [-0.1, -0.05) is 37.6 Å². The summed E-state index contributed by atoms with van der Waals surface area (Å²) in [5.74, 6) is -0.348. The number of rotatable bonds is 7. The Morgan fingerprint density at radius 1 is 1.12 bits per heavy atom. The molecule has 0 aliphatic carbocycles. The summed E-state index contributed by atoms with van der Waals surface area (Å²) in [6.45, 7) is 5.69. The molecule has 1 unspecified atom stereocenters. The fourth-order valence-electron chi connectivity index (χ4n) is 2.47. The predicted molar refractivity (Wildman–Crippen MR) is 101 cm³/mol. The number of benzene rings is 2. The molecule has 0 fully saturated rings. The van der Waals surface area contributed by atoms with E-state index in [0.29, 0.717) is 12.1 Å². The topological polar surface area (TPSA) is 95.5 Å². The van der Waals surface area contributed by atoms with Gasteiger partial charge in [-0.25, -0.2) is 8.42 Å². The molecule has 6 nitrogen and oxygen atoms in total. The van der Waals surface area contributed by atoms with Crippen LogP contribution in [-0.2, 0) is 14.8 Å². The van der Waals surface area contributed by atoms with Crippen molar-refractivity contribution < 1.29 is 18.3 Å². The molecular formula is C19H24N2O4S. The van der Waals surface area contributed by atoms with Crippen LogP contribution in [0.4, 0.5) is 5.69 Å². The van der Waals surface area contributed by atoms with Crippen LogP contribution >= 0.6 is 0 Å². The Kier molecular flexibility index (Phi) is 6.39. The SMILES string of the molecule is Cc1ccc(S(=O)(=O)NC(CC(C)C)C(=O)Nc2cccc(O)c2)cc1. The van der Waals surface area contributed by atoms with Crippen LogP contribution in [-0.4, -0.2) is 25.5 Å². The zero-order valence-electron chi connectivity index (χ0n) is 15.1. The molecule has 0 aliphatic rings. The second-order valence-electron chi connectivity index (χ2n) is 6.66. The molecule has 2 rings (SSSR count). The normalized spacial score (nSPS) is 12.8. The van der Waals surface area contributed by atoms with E-state index >= 15 is 0 Å². The minimum absolute atomic E-state index is 0.0171. The highest BCUT2D eigenvalue weighted by Gasteiger charge is 2.26. The van der Waals surface area contributed by atoms with Gasteiger partial charge >= 0.3 is 0 Å². The molecule has 0 saturated carbocycles. The van der Waals surface area contributed by atoms with Crippen LogP contribution in [0.5, 0.6) is 5.75 Å². The molecule has 140 valence electrons. The zero-order valence-corrected chi connectivity index (χ0v) is 15.9. The molecule has 1 atom stereocenters. The summed E-state index contributed by atoms with van der Waals surface area (Å²) in [5.41, 5.74) is 1.35. The lowest BCUT2D eigenvalue weighted by molar-refractivity contribution is -0.118. The number of amides is 1. The van der Waals surface area contributed by atoms with E-state index in [9.17, 15) is 18.3 Å². The number of hydrogen-bond acceptors (Lipinski definition) is 4. The van der Waals surface area contributed by atoms with E-state index in [1.54, 1.807) is 24.3 Å². The van der Waals surface area contributed by atoms with Crippen LogP contribution < -0.4 is 10.0 Å². The minimum Gasteiger partial charge on any atom is -0.508 e. The highest BCUT2D eigenvalue weighted by atomic mass is 32.2. The van der Waals surface area contributed by atoms with Crippen molar-refractivity contribution in [2.75, 3.05) is 5.32 Å². The van der Waals surface area contributed by atoms with Crippen molar-refractivity contribution in [3.63, 3.8) is 0 Å². The maximum atomic E-state index is 12.6. The van der Waals surface area contributed by atoms with Crippen molar-refractivity contribution in [2.24, 2.45) is 5.92 Å². The van der Waals surface area contributed by atoms with E-state index in [0.717, 1.165) is 5.56 Å². The molecule has 26 heavy (non-hydrogen) atoms. The lowest BCUT2D eigenvalue weighted by atomic mass is 10.0. The van der Waals surface area contributed by atoms with E-state index in [1.165, 1.54) is 24.3 Å². The molecule has 0 bridgehead atoms. The largest absolute Gasteiger partial charge is 0.508 e. The standard InChI is InChI=1S/C19H24N2O4S/c1-13(2)11-18(19(23)20-15-5-4-6-16(22)12-15)21-26(24,25)17-9-7-14(3)8-10-17/h4-10,12-13,18,21-22H,11H2,1-3H3,(H,20,23). The number of phenolic OH excluding ortho intramolecular Hbond substituents is 1. The fraction of sp³-hybridized carbons (Fsp3) is 0.316. The third-order valence-corrected chi connectivity index (χ3v) is 5.25. The predicted octanol–water partition coefficient (Wildman–Crippen LogP) is 3.03. The average Bonchev–Trinajstić information content (AvgIpc) is 2.54. The maximum Gasteiger partial charge on any atom is 0.242 e. The van der Waals surface area contributed by atoms with Crippen molar-refractivity contribution in [2.45, 2.75) is 38.1 Å². The monoisotopic (exact) mass is 376 g/mol. The first-order chi connectivity index (χ1) is 12.2. The van der Waals surface area contributed by atoms with Gasteiger partial charge in [-0.3, -0.25) is 4.79 Å². The van der Waals surface area contributed by atoms with Gasteiger partial charge in [-0.2, -0.15) is 4.72 Å². The number of aryl methyl sites for hydroxylation is 1. The first-order valence-electron chi connectivity index (χ1n) is 8.36. The van der Waals surface area contributed by atoms with Gasteiger partial charge in [0.25, 0.3) is 0 Å². The van der Waals surface area contributed by atoms with E-state index in [2.05, 4.69) is 10.0 Å². The highest BCUT2D eigenvalue weighted by Crippen LogP contribution is 2.18. The van der Waals surface area contributed by atoms with Crippen LogP contribution in [0.2, 0.25) is 0 Å². The molecular weight excluding hydrogens is 352 g/mol. The Morgan fingerprint density at radius 2 is 1.77 bits per heavy atom. The Labute approximate surface area is 154 Å². The van der Waals surface area contributed by atoms with Gasteiger partial charge in [0.15, 0.2) is 0 Å². The van der Waals surface area contributed by atoms with Crippen LogP contribution in [0.25, 0.3) is 0 Å². The summed E-state index contributed by atoms with van der Waals surface area (Å²) in [4.78, 5) is 12.7. The number of carbonyl (C=O) groups is 1. The maximum absolute atomic E-state index is 12.6. The van der Waals surface area contributed by atoms with Gasteiger partial charge in [-0.05, 0) is 43.5 Å². The lowest BCUT2D eigenvalue weighted by Gasteiger charge is -2.20. The van der Waals surface area contributed by atoms with Crippen molar-refractivity contribution in [3.05, 3.63) is 54.1 Å². The van der Waals surface area contributed by atoms with E-state index in [1.807, 2.05) is 20.8 Å². The number of carbonyl (C=O) groups excluding carboxylic acids is 1.